The Morgan fingerprint density at radius 3 is 2.64 bits per heavy atom. The monoisotopic (exact) mass is 200 g/mol. The number of urea groups is 1. The summed E-state index contributed by atoms with van der Waals surface area (Å²) >= 11 is 0. The summed E-state index contributed by atoms with van der Waals surface area (Å²) in [7, 11) is 0. The van der Waals surface area contributed by atoms with E-state index in [1.807, 2.05) is 20.8 Å². The maximum atomic E-state index is 11.4. The molecular formula is C10H20N2O2. The van der Waals surface area contributed by atoms with Crippen LogP contribution in [0.2, 0.25) is 0 Å². The van der Waals surface area contributed by atoms with Crippen LogP contribution in [0.15, 0.2) is 0 Å². The molecule has 1 saturated heterocycles. The predicted molar refractivity (Wildman–Crippen MR) is 55.3 cm³/mol. The van der Waals surface area contributed by atoms with Gasteiger partial charge in [0.05, 0.1) is 12.6 Å². The zero-order valence-electron chi connectivity index (χ0n) is 9.22. The molecule has 4 nitrogen and oxygen atoms in total. The van der Waals surface area contributed by atoms with E-state index >= 15 is 0 Å². The lowest BCUT2D eigenvalue weighted by Gasteiger charge is -2.26. The van der Waals surface area contributed by atoms with Crippen LogP contribution >= 0.6 is 0 Å². The van der Waals surface area contributed by atoms with Gasteiger partial charge in [-0.05, 0) is 33.6 Å². The second-order valence-corrected chi connectivity index (χ2v) is 4.76. The van der Waals surface area contributed by atoms with Gasteiger partial charge >= 0.3 is 6.03 Å². The molecule has 0 aromatic heterocycles. The van der Waals surface area contributed by atoms with Gasteiger partial charge in [-0.25, -0.2) is 4.79 Å². The Morgan fingerprint density at radius 1 is 1.43 bits per heavy atom. The zero-order valence-corrected chi connectivity index (χ0v) is 9.22. The van der Waals surface area contributed by atoms with E-state index in [4.69, 9.17) is 4.74 Å². The summed E-state index contributed by atoms with van der Waals surface area (Å²) in [6, 6.07) is 0.0686. The summed E-state index contributed by atoms with van der Waals surface area (Å²) in [4.78, 5) is 11.4. The number of amides is 2. The first-order valence-electron chi connectivity index (χ1n) is 5.14. The second-order valence-electron chi connectivity index (χ2n) is 4.76. The molecule has 1 aliphatic rings. The first-order chi connectivity index (χ1) is 6.47. The molecule has 2 amide bonds. The van der Waals surface area contributed by atoms with Crippen molar-refractivity contribution in [1.82, 2.24) is 10.6 Å². The van der Waals surface area contributed by atoms with Gasteiger partial charge in [0.2, 0.25) is 0 Å². The standard InChI is InChI=1S/C10H20N2O2/c1-10(2,3)12-9(13)11-8-5-4-6-14-7-8/h8H,4-7H2,1-3H3,(H2,11,12,13). The van der Waals surface area contributed by atoms with E-state index in [2.05, 4.69) is 10.6 Å². The minimum absolute atomic E-state index is 0.104. The van der Waals surface area contributed by atoms with Gasteiger partial charge < -0.3 is 15.4 Å². The zero-order chi connectivity index (χ0) is 10.6. The Morgan fingerprint density at radius 2 is 2.14 bits per heavy atom. The molecule has 2 N–H and O–H groups in total. The van der Waals surface area contributed by atoms with Gasteiger partial charge in [-0.2, -0.15) is 0 Å². The van der Waals surface area contributed by atoms with E-state index < -0.39 is 0 Å². The van der Waals surface area contributed by atoms with Gasteiger partial charge in [0, 0.05) is 12.1 Å². The molecule has 0 saturated carbocycles. The molecule has 1 heterocycles. The first-order valence-corrected chi connectivity index (χ1v) is 5.14. The molecule has 0 aromatic rings. The van der Waals surface area contributed by atoms with Gasteiger partial charge in [-0.15, -0.1) is 0 Å². The minimum atomic E-state index is -0.181. The smallest absolute Gasteiger partial charge is 0.315 e. The van der Waals surface area contributed by atoms with Crippen molar-refractivity contribution in [3.8, 4) is 0 Å². The van der Waals surface area contributed by atoms with Crippen molar-refractivity contribution >= 4 is 6.03 Å². The quantitative estimate of drug-likeness (QED) is 0.669. The van der Waals surface area contributed by atoms with Crippen LogP contribution in [0.25, 0.3) is 0 Å². The van der Waals surface area contributed by atoms with Crippen LogP contribution in [0.1, 0.15) is 33.6 Å². The van der Waals surface area contributed by atoms with E-state index in [9.17, 15) is 4.79 Å². The summed E-state index contributed by atoms with van der Waals surface area (Å²) in [5.74, 6) is 0. The van der Waals surface area contributed by atoms with Crippen molar-refractivity contribution in [3.05, 3.63) is 0 Å². The van der Waals surface area contributed by atoms with Crippen molar-refractivity contribution in [1.29, 1.82) is 0 Å². The second kappa shape index (κ2) is 4.64. The van der Waals surface area contributed by atoms with E-state index in [0.717, 1.165) is 19.4 Å². The van der Waals surface area contributed by atoms with Crippen LogP contribution in [0.4, 0.5) is 4.79 Å². The molecular weight excluding hydrogens is 180 g/mol. The third-order valence-corrected chi connectivity index (χ3v) is 1.98. The SMILES string of the molecule is CC(C)(C)NC(=O)NC1CCCOC1. The molecule has 1 fully saturated rings. The van der Waals surface area contributed by atoms with Crippen molar-refractivity contribution in [3.63, 3.8) is 0 Å². The van der Waals surface area contributed by atoms with Crippen LogP contribution in [0, 0.1) is 0 Å². The molecule has 0 bridgehead atoms. The van der Waals surface area contributed by atoms with Crippen LogP contribution in [-0.2, 0) is 4.74 Å². The summed E-state index contributed by atoms with van der Waals surface area (Å²) in [6.45, 7) is 7.34. The van der Waals surface area contributed by atoms with Crippen LogP contribution < -0.4 is 10.6 Å². The Bertz CT molecular complexity index is 193. The highest BCUT2D eigenvalue weighted by Crippen LogP contribution is 2.06. The van der Waals surface area contributed by atoms with Gasteiger partial charge in [-0.3, -0.25) is 0 Å². The topological polar surface area (TPSA) is 50.4 Å². The lowest BCUT2D eigenvalue weighted by atomic mass is 10.1. The molecule has 14 heavy (non-hydrogen) atoms. The fraction of sp³-hybridized carbons (Fsp3) is 0.900. The Labute approximate surface area is 85.4 Å². The Kier molecular flexibility index (Phi) is 3.75. The number of carbonyl (C=O) groups is 1. The highest BCUT2D eigenvalue weighted by atomic mass is 16.5. The van der Waals surface area contributed by atoms with E-state index in [1.54, 1.807) is 0 Å². The number of carbonyl (C=O) groups excluding carboxylic acids is 1. The van der Waals surface area contributed by atoms with Crippen LogP contribution in [0.5, 0.6) is 0 Å². The van der Waals surface area contributed by atoms with Crippen molar-refractivity contribution < 1.29 is 9.53 Å². The van der Waals surface area contributed by atoms with Crippen LogP contribution in [0.3, 0.4) is 0 Å². The van der Waals surface area contributed by atoms with Crippen molar-refractivity contribution in [2.45, 2.75) is 45.2 Å². The molecule has 0 aromatic carbocycles. The predicted octanol–water partition coefficient (Wildman–Crippen LogP) is 1.26. The Balaban J connectivity index is 2.25. The molecule has 1 atom stereocenters. The number of rotatable bonds is 1. The average Bonchev–Trinajstić information content (AvgIpc) is 2.02. The van der Waals surface area contributed by atoms with Crippen molar-refractivity contribution in [2.75, 3.05) is 13.2 Å². The molecule has 1 unspecified atom stereocenters. The highest BCUT2D eigenvalue weighted by Gasteiger charge is 2.19. The van der Waals surface area contributed by atoms with E-state index in [1.165, 1.54) is 0 Å². The molecule has 4 heteroatoms. The highest BCUT2D eigenvalue weighted by molar-refractivity contribution is 5.74. The largest absolute Gasteiger partial charge is 0.379 e. The molecule has 82 valence electrons. The maximum Gasteiger partial charge on any atom is 0.315 e. The number of hydrogen-bond donors (Lipinski definition) is 2. The van der Waals surface area contributed by atoms with Crippen LogP contribution in [-0.4, -0.2) is 30.8 Å². The normalized spacial score (nSPS) is 22.9. The fourth-order valence-electron chi connectivity index (χ4n) is 1.42. The summed E-state index contributed by atoms with van der Waals surface area (Å²) < 4.78 is 5.27. The minimum Gasteiger partial charge on any atom is -0.379 e. The average molecular weight is 200 g/mol. The summed E-state index contributed by atoms with van der Waals surface area (Å²) in [5, 5.41) is 5.76. The molecule has 0 spiro atoms. The first kappa shape index (κ1) is 11.3. The number of ether oxygens (including phenoxy) is 1. The summed E-state index contributed by atoms with van der Waals surface area (Å²) in [5.41, 5.74) is -0.181. The van der Waals surface area contributed by atoms with Gasteiger partial charge in [0.15, 0.2) is 0 Å². The van der Waals surface area contributed by atoms with Crippen molar-refractivity contribution in [2.24, 2.45) is 0 Å². The lowest BCUT2D eigenvalue weighted by Crippen LogP contribution is -2.51. The maximum absolute atomic E-state index is 11.4. The van der Waals surface area contributed by atoms with E-state index in [-0.39, 0.29) is 17.6 Å². The molecule has 1 aliphatic heterocycles. The number of nitrogens with one attached hydrogen (secondary N) is 2. The molecule has 0 radical (unpaired) electrons. The lowest BCUT2D eigenvalue weighted by molar-refractivity contribution is 0.0728. The van der Waals surface area contributed by atoms with E-state index in [0.29, 0.717) is 6.61 Å². The fourth-order valence-corrected chi connectivity index (χ4v) is 1.42. The van der Waals surface area contributed by atoms with Gasteiger partial charge in [0.1, 0.15) is 0 Å². The third kappa shape index (κ3) is 4.46. The van der Waals surface area contributed by atoms with Gasteiger partial charge in [0.25, 0.3) is 0 Å². The third-order valence-electron chi connectivity index (χ3n) is 1.98. The Hall–Kier alpha value is -0.770. The molecule has 0 aliphatic carbocycles. The van der Waals surface area contributed by atoms with Gasteiger partial charge in [-0.1, -0.05) is 0 Å². The summed E-state index contributed by atoms with van der Waals surface area (Å²) in [6.07, 6.45) is 2.04. The molecule has 1 rings (SSSR count). The number of hydrogen-bond acceptors (Lipinski definition) is 2.